The highest BCUT2D eigenvalue weighted by Crippen LogP contribution is 2.16. The lowest BCUT2D eigenvalue weighted by molar-refractivity contribution is -0.167. The number of hydrogen-bond acceptors (Lipinski definition) is 6. The van der Waals surface area contributed by atoms with Crippen molar-refractivity contribution >= 4 is 17.9 Å². The first-order valence-corrected chi connectivity index (χ1v) is 28.5. The molecule has 0 N–H and O–H groups in total. The van der Waals surface area contributed by atoms with Crippen LogP contribution in [0.15, 0.2) is 72.9 Å². The van der Waals surface area contributed by atoms with Crippen LogP contribution < -0.4 is 0 Å². The largest absolute Gasteiger partial charge is 0.462 e. The van der Waals surface area contributed by atoms with Crippen LogP contribution in [0.2, 0.25) is 0 Å². The second kappa shape index (κ2) is 55.4. The zero-order valence-electron chi connectivity index (χ0n) is 44.2. The van der Waals surface area contributed by atoms with E-state index in [1.165, 1.54) is 128 Å². The number of rotatable bonds is 51. The van der Waals surface area contributed by atoms with Crippen LogP contribution in [0, 0.1) is 0 Å². The van der Waals surface area contributed by atoms with Gasteiger partial charge in [-0.25, -0.2) is 0 Å². The van der Waals surface area contributed by atoms with Gasteiger partial charge < -0.3 is 14.2 Å². The Morgan fingerprint density at radius 1 is 0.328 bits per heavy atom. The quantitative estimate of drug-likeness (QED) is 0.0199. The van der Waals surface area contributed by atoms with Crippen molar-refractivity contribution in [2.75, 3.05) is 13.2 Å². The van der Waals surface area contributed by atoms with Gasteiger partial charge in [-0.2, -0.15) is 0 Å². The molecule has 0 aromatic rings. The molecule has 0 aliphatic carbocycles. The lowest BCUT2D eigenvalue weighted by atomic mass is 10.0. The van der Waals surface area contributed by atoms with E-state index in [0.717, 1.165) is 109 Å². The fourth-order valence-electron chi connectivity index (χ4n) is 7.99. The Labute approximate surface area is 414 Å². The topological polar surface area (TPSA) is 78.9 Å². The first kappa shape index (κ1) is 63.8. The highest BCUT2D eigenvalue weighted by Gasteiger charge is 2.19. The van der Waals surface area contributed by atoms with E-state index in [1.54, 1.807) is 0 Å². The summed E-state index contributed by atoms with van der Waals surface area (Å²) in [5.74, 6) is -0.922. The van der Waals surface area contributed by atoms with Crippen LogP contribution in [0.1, 0.15) is 278 Å². The van der Waals surface area contributed by atoms with Crippen molar-refractivity contribution in [2.24, 2.45) is 0 Å². The van der Waals surface area contributed by atoms with E-state index < -0.39 is 6.10 Å². The third-order valence-electron chi connectivity index (χ3n) is 12.3. The fourth-order valence-corrected chi connectivity index (χ4v) is 7.99. The molecule has 0 aliphatic heterocycles. The van der Waals surface area contributed by atoms with E-state index in [9.17, 15) is 14.4 Å². The van der Waals surface area contributed by atoms with Gasteiger partial charge in [0.15, 0.2) is 6.10 Å². The molecule has 386 valence electrons. The van der Waals surface area contributed by atoms with Crippen molar-refractivity contribution in [2.45, 2.75) is 284 Å². The van der Waals surface area contributed by atoms with E-state index in [1.807, 2.05) is 0 Å². The second-order valence-corrected chi connectivity index (χ2v) is 18.9. The lowest BCUT2D eigenvalue weighted by Crippen LogP contribution is -2.30. The molecule has 0 amide bonds. The summed E-state index contributed by atoms with van der Waals surface area (Å²) < 4.78 is 16.8. The maximum absolute atomic E-state index is 12.9. The summed E-state index contributed by atoms with van der Waals surface area (Å²) in [4.78, 5) is 38.1. The van der Waals surface area contributed by atoms with Crippen molar-refractivity contribution in [3.63, 3.8) is 0 Å². The first-order valence-electron chi connectivity index (χ1n) is 28.5. The number of ether oxygens (including phenoxy) is 3. The van der Waals surface area contributed by atoms with E-state index in [-0.39, 0.29) is 31.1 Å². The van der Waals surface area contributed by atoms with Gasteiger partial charge in [-0.05, 0) is 77.0 Å². The Bertz CT molecular complexity index is 1260. The molecule has 0 spiro atoms. The molecular weight excluding hydrogens is 829 g/mol. The molecule has 0 aromatic carbocycles. The molecule has 0 bridgehead atoms. The fraction of sp³-hybridized carbons (Fsp3) is 0.754. The van der Waals surface area contributed by atoms with Crippen molar-refractivity contribution in [3.8, 4) is 0 Å². The molecule has 0 heterocycles. The summed E-state index contributed by atoms with van der Waals surface area (Å²) in [7, 11) is 0. The van der Waals surface area contributed by atoms with Crippen LogP contribution in [-0.4, -0.2) is 37.2 Å². The van der Waals surface area contributed by atoms with Crippen LogP contribution in [0.4, 0.5) is 0 Å². The minimum absolute atomic E-state index is 0.0915. The average Bonchev–Trinajstić information content (AvgIpc) is 3.33. The molecule has 0 aliphatic rings. The second-order valence-electron chi connectivity index (χ2n) is 18.9. The summed E-state index contributed by atoms with van der Waals surface area (Å²) in [5, 5.41) is 0. The number of esters is 3. The Balaban J connectivity index is 4.43. The van der Waals surface area contributed by atoms with Crippen LogP contribution in [0.5, 0.6) is 0 Å². The maximum Gasteiger partial charge on any atom is 0.306 e. The predicted molar refractivity (Wildman–Crippen MR) is 288 cm³/mol. The minimum Gasteiger partial charge on any atom is -0.462 e. The van der Waals surface area contributed by atoms with Gasteiger partial charge in [-0.3, -0.25) is 14.4 Å². The molecule has 0 radical (unpaired) electrons. The van der Waals surface area contributed by atoms with Crippen LogP contribution in [-0.2, 0) is 28.6 Å². The van der Waals surface area contributed by atoms with Crippen LogP contribution >= 0.6 is 0 Å². The van der Waals surface area contributed by atoms with Crippen molar-refractivity contribution in [1.29, 1.82) is 0 Å². The summed E-state index contributed by atoms with van der Waals surface area (Å²) in [6.45, 7) is 6.50. The van der Waals surface area contributed by atoms with Crippen molar-refractivity contribution in [3.05, 3.63) is 72.9 Å². The Kier molecular flexibility index (Phi) is 52.8. The maximum atomic E-state index is 12.9. The SMILES string of the molecule is CC/C=C\C/C=C\C/C=C\CCCCCCC(=O)OCC(COC(=O)CCCCCCC\C=C/C=C\C=C/CCCCCCC)OC(=O)CCCCCCCCCCCCCCCCCCC. The molecule has 0 fully saturated rings. The van der Waals surface area contributed by atoms with Gasteiger partial charge in [-0.1, -0.05) is 254 Å². The Morgan fingerprint density at radius 2 is 0.642 bits per heavy atom. The van der Waals surface area contributed by atoms with Crippen LogP contribution in [0.25, 0.3) is 0 Å². The monoisotopic (exact) mass is 935 g/mol. The minimum atomic E-state index is -0.792. The molecule has 67 heavy (non-hydrogen) atoms. The summed E-state index contributed by atoms with van der Waals surface area (Å²) in [6, 6.07) is 0. The van der Waals surface area contributed by atoms with Gasteiger partial charge in [-0.15, -0.1) is 0 Å². The molecule has 0 saturated heterocycles. The highest BCUT2D eigenvalue weighted by atomic mass is 16.6. The zero-order valence-corrected chi connectivity index (χ0v) is 44.2. The first-order chi connectivity index (χ1) is 33.0. The standard InChI is InChI=1S/C61H106O6/c1-4-7-10-13-16-19-22-25-28-30-32-33-36-39-42-45-48-51-54-60(63)66-57-58(56-65-59(62)53-50-47-44-41-38-35-27-24-21-18-15-12-9-6-3)67-61(64)55-52-49-46-43-40-37-34-31-29-26-23-20-17-14-11-8-5-2/h9,12,18,21-22,25,27-28,30,32-33,35,58H,4-8,10-11,13-17,19-20,23-24,26,29,31,34,36-57H2,1-3H3/b12-9-,21-18-,25-22-,30-28-,33-32-,35-27-. The summed E-state index contributed by atoms with van der Waals surface area (Å²) in [5.41, 5.74) is 0. The number of carbonyl (C=O) groups excluding carboxylic acids is 3. The summed E-state index contributed by atoms with van der Waals surface area (Å²) >= 11 is 0. The normalized spacial score (nSPS) is 12.6. The third kappa shape index (κ3) is 53.7. The van der Waals surface area contributed by atoms with Crippen LogP contribution in [0.3, 0.4) is 0 Å². The van der Waals surface area contributed by atoms with Gasteiger partial charge in [0.1, 0.15) is 13.2 Å². The number of carbonyl (C=O) groups is 3. The molecular formula is C61H106O6. The van der Waals surface area contributed by atoms with Gasteiger partial charge in [0.2, 0.25) is 0 Å². The van der Waals surface area contributed by atoms with Gasteiger partial charge in [0, 0.05) is 19.3 Å². The van der Waals surface area contributed by atoms with Crippen molar-refractivity contribution < 1.29 is 28.6 Å². The van der Waals surface area contributed by atoms with Gasteiger partial charge in [0.25, 0.3) is 0 Å². The highest BCUT2D eigenvalue weighted by molar-refractivity contribution is 5.71. The molecule has 6 nitrogen and oxygen atoms in total. The summed E-state index contributed by atoms with van der Waals surface area (Å²) in [6.07, 6.45) is 70.3. The molecule has 0 rings (SSSR count). The lowest BCUT2D eigenvalue weighted by Gasteiger charge is -2.18. The van der Waals surface area contributed by atoms with Crippen molar-refractivity contribution in [1.82, 2.24) is 0 Å². The molecule has 0 aromatic heterocycles. The molecule has 0 saturated carbocycles. The number of hydrogen-bond donors (Lipinski definition) is 0. The van der Waals surface area contributed by atoms with E-state index in [4.69, 9.17) is 14.2 Å². The van der Waals surface area contributed by atoms with E-state index >= 15 is 0 Å². The number of unbranched alkanes of at least 4 members (excludes halogenated alkanes) is 30. The molecule has 1 atom stereocenters. The smallest absolute Gasteiger partial charge is 0.306 e. The van der Waals surface area contributed by atoms with Gasteiger partial charge in [0.05, 0.1) is 0 Å². The van der Waals surface area contributed by atoms with E-state index in [2.05, 4.69) is 93.7 Å². The average molecular weight is 936 g/mol. The zero-order chi connectivity index (χ0) is 48.6. The number of allylic oxidation sites excluding steroid dienone is 12. The molecule has 6 heteroatoms. The Morgan fingerprint density at radius 3 is 1.03 bits per heavy atom. The predicted octanol–water partition coefficient (Wildman–Crippen LogP) is 19.0. The van der Waals surface area contributed by atoms with E-state index in [0.29, 0.717) is 19.3 Å². The Hall–Kier alpha value is -3.15. The molecule has 1 unspecified atom stereocenters. The third-order valence-corrected chi connectivity index (χ3v) is 12.3. The van der Waals surface area contributed by atoms with Gasteiger partial charge >= 0.3 is 17.9 Å².